The van der Waals surface area contributed by atoms with E-state index >= 15 is 0 Å². The molecule has 2 heteroatoms. The molecule has 0 fully saturated rings. The van der Waals surface area contributed by atoms with E-state index in [1.54, 1.807) is 63.6 Å². The second kappa shape index (κ2) is 4.67. The molecule has 4 aliphatic rings. The maximum atomic E-state index is 2.45. The first-order valence-corrected chi connectivity index (χ1v) is 13.3. The third kappa shape index (κ3) is 1.53. The third-order valence-corrected chi connectivity index (χ3v) is 12.2. The summed E-state index contributed by atoms with van der Waals surface area (Å²) in [6.07, 6.45) is 3.88. The summed E-state index contributed by atoms with van der Waals surface area (Å²) >= 11 is 0. The molecule has 0 amide bonds. The fourth-order valence-electron chi connectivity index (χ4n) is 6.41. The zero-order valence-corrected chi connectivity index (χ0v) is 16.9. The number of hydrogen-bond donors (Lipinski definition) is 0. The summed E-state index contributed by atoms with van der Waals surface area (Å²) in [5.41, 5.74) is 6.68. The highest BCUT2D eigenvalue weighted by molar-refractivity contribution is 8.10. The minimum atomic E-state index is 0.451. The van der Waals surface area contributed by atoms with E-state index in [-0.39, 0.29) is 0 Å². The zero-order chi connectivity index (χ0) is 17.3. The van der Waals surface area contributed by atoms with E-state index in [0.717, 1.165) is 0 Å². The summed E-state index contributed by atoms with van der Waals surface area (Å²) in [6.45, 7) is 0. The Morgan fingerprint density at radius 1 is 0.556 bits per heavy atom. The molecule has 0 N–H and O–H groups in total. The highest BCUT2D eigenvalue weighted by Crippen LogP contribution is 2.52. The van der Waals surface area contributed by atoms with Crippen molar-refractivity contribution >= 4 is 53.3 Å². The molecule has 2 atom stereocenters. The highest BCUT2D eigenvalue weighted by atomic mass is 32.2. The molecule has 0 spiro atoms. The predicted molar refractivity (Wildman–Crippen MR) is 121 cm³/mol. The Hall–Kier alpha value is -1.64. The van der Waals surface area contributed by atoms with Gasteiger partial charge in [0.05, 0.1) is 0 Å². The van der Waals surface area contributed by atoms with Crippen LogP contribution in [-0.4, -0.2) is 17.3 Å². The maximum Gasteiger partial charge on any atom is 0.0147 e. The van der Waals surface area contributed by atoms with Gasteiger partial charge in [0.1, 0.15) is 0 Å². The van der Waals surface area contributed by atoms with Gasteiger partial charge in [0, 0.05) is 25.5 Å². The van der Waals surface area contributed by atoms with Gasteiger partial charge in [0.15, 0.2) is 0 Å². The molecule has 0 aliphatic carbocycles. The lowest BCUT2D eigenvalue weighted by molar-refractivity contribution is 1.12. The van der Waals surface area contributed by atoms with Gasteiger partial charge >= 0.3 is 0 Å². The van der Waals surface area contributed by atoms with Gasteiger partial charge in [-0.25, -0.2) is 0 Å². The van der Waals surface area contributed by atoms with E-state index in [1.165, 1.54) is 42.3 Å². The van der Waals surface area contributed by atoms with Crippen molar-refractivity contribution in [2.75, 3.05) is 17.3 Å². The van der Waals surface area contributed by atoms with Crippen LogP contribution in [0.4, 0.5) is 0 Å². The largest absolute Gasteiger partial charge is 0.177 e. The first kappa shape index (κ1) is 14.4. The van der Waals surface area contributed by atoms with Crippen molar-refractivity contribution < 1.29 is 0 Å². The van der Waals surface area contributed by atoms with Crippen molar-refractivity contribution in [2.45, 2.75) is 25.0 Å². The second-order valence-electron chi connectivity index (χ2n) is 8.54. The molecule has 0 aromatic heterocycles. The SMILES string of the molecule is c1cc2c3c4c5c(c6cccc7c6c6c5c(c3c1)CCS=6C7)CCS=4CC2. The molecule has 0 bridgehead atoms. The summed E-state index contributed by atoms with van der Waals surface area (Å²) in [7, 11) is 0.925. The molecule has 4 aromatic carbocycles. The molecule has 4 aromatic rings. The molecule has 2 unspecified atom stereocenters. The van der Waals surface area contributed by atoms with E-state index in [2.05, 4.69) is 36.4 Å². The lowest BCUT2D eigenvalue weighted by Crippen LogP contribution is -2.11. The summed E-state index contributed by atoms with van der Waals surface area (Å²) in [6, 6.07) is 14.4. The normalized spacial score (nSPS) is 24.0. The minimum Gasteiger partial charge on any atom is -0.177 e. The van der Waals surface area contributed by atoms with Crippen LogP contribution in [0.15, 0.2) is 36.4 Å². The van der Waals surface area contributed by atoms with Gasteiger partial charge in [0.2, 0.25) is 0 Å². The van der Waals surface area contributed by atoms with Gasteiger partial charge in [-0.1, -0.05) is 36.4 Å². The number of benzene rings is 4. The Balaban J connectivity index is 1.87. The first-order chi connectivity index (χ1) is 13.4. The zero-order valence-electron chi connectivity index (χ0n) is 15.2. The van der Waals surface area contributed by atoms with Gasteiger partial charge in [-0.2, -0.15) is 21.0 Å². The summed E-state index contributed by atoms with van der Waals surface area (Å²) in [4.78, 5) is 0. The van der Waals surface area contributed by atoms with E-state index < -0.39 is 0 Å². The predicted octanol–water partition coefficient (Wildman–Crippen LogP) is 6.37. The van der Waals surface area contributed by atoms with Crippen molar-refractivity contribution in [2.24, 2.45) is 0 Å². The molecular weight excluding hydrogens is 364 g/mol. The van der Waals surface area contributed by atoms with Crippen LogP contribution in [0.1, 0.15) is 22.3 Å². The summed E-state index contributed by atoms with van der Waals surface area (Å²) < 4.78 is 3.56. The Labute approximate surface area is 163 Å². The van der Waals surface area contributed by atoms with Crippen LogP contribution in [0, 0.1) is 9.02 Å². The van der Waals surface area contributed by atoms with Crippen LogP contribution in [0.2, 0.25) is 0 Å². The van der Waals surface area contributed by atoms with Crippen molar-refractivity contribution in [1.29, 1.82) is 0 Å². The smallest absolute Gasteiger partial charge is 0.0147 e. The summed E-state index contributed by atoms with van der Waals surface area (Å²) in [5.74, 6) is 5.45. The molecule has 132 valence electrons. The van der Waals surface area contributed by atoms with Gasteiger partial charge in [-0.3, -0.25) is 0 Å². The van der Waals surface area contributed by atoms with Crippen LogP contribution in [-0.2, 0) is 25.0 Å². The van der Waals surface area contributed by atoms with Crippen LogP contribution in [0.25, 0.3) is 32.3 Å². The molecule has 4 aliphatic heterocycles. The topological polar surface area (TPSA) is 0 Å². The number of hydrogen-bond acceptors (Lipinski definition) is 0. The van der Waals surface area contributed by atoms with Crippen molar-refractivity contribution in [3.63, 3.8) is 0 Å². The number of fused-ring (bicyclic) bond motifs is 2. The molecule has 0 nitrogen and oxygen atoms in total. The molecule has 0 saturated carbocycles. The van der Waals surface area contributed by atoms with Crippen LogP contribution < -0.4 is 0 Å². The van der Waals surface area contributed by atoms with Crippen LogP contribution in [0.5, 0.6) is 0 Å². The van der Waals surface area contributed by atoms with Gasteiger partial charge in [-0.15, -0.1) is 0 Å². The Morgan fingerprint density at radius 3 is 1.93 bits per heavy atom. The Kier molecular flexibility index (Phi) is 2.48. The quantitative estimate of drug-likeness (QED) is 0.244. The lowest BCUT2D eigenvalue weighted by atomic mass is 9.86. The fraction of sp³-hybridized carbons (Fsp3) is 0.280. The van der Waals surface area contributed by atoms with E-state index in [1.807, 2.05) is 0 Å². The molecule has 0 saturated heterocycles. The third-order valence-electron chi connectivity index (χ3n) is 7.44. The molecule has 0 radical (unpaired) electrons. The Morgan fingerprint density at radius 2 is 1.15 bits per heavy atom. The highest BCUT2D eigenvalue weighted by Gasteiger charge is 2.30. The van der Waals surface area contributed by atoms with Crippen molar-refractivity contribution in [3.05, 3.63) is 67.7 Å². The number of rotatable bonds is 0. The standard InChI is InChI=1S/C25H20S2/c1-3-14-7-10-26-11-8-18-17-6-2-4-15-13-27-12-9-19-16(5-1)20(14)24(26)22(18)23(19)25(27)21(15)17/h1-6H,7-13H2. The molecule has 27 heavy (non-hydrogen) atoms. The maximum absolute atomic E-state index is 2.45. The average Bonchev–Trinajstić information content (AvgIpc) is 3.11. The van der Waals surface area contributed by atoms with Gasteiger partial charge < -0.3 is 0 Å². The average molecular weight is 385 g/mol. The van der Waals surface area contributed by atoms with E-state index in [9.17, 15) is 0 Å². The van der Waals surface area contributed by atoms with Crippen molar-refractivity contribution in [1.82, 2.24) is 0 Å². The lowest BCUT2D eigenvalue weighted by Gasteiger charge is -2.29. The fourth-order valence-corrected chi connectivity index (χ4v) is 11.6. The summed E-state index contributed by atoms with van der Waals surface area (Å²) in [5, 5.41) is 10.0. The van der Waals surface area contributed by atoms with Crippen LogP contribution in [0.3, 0.4) is 0 Å². The molecule has 8 rings (SSSR count). The van der Waals surface area contributed by atoms with E-state index in [4.69, 9.17) is 0 Å². The first-order valence-electron chi connectivity index (χ1n) is 10.2. The van der Waals surface area contributed by atoms with Gasteiger partial charge in [0.25, 0.3) is 0 Å². The number of aryl methyl sites for hydroxylation is 3. The van der Waals surface area contributed by atoms with Gasteiger partial charge in [-0.05, 0) is 80.3 Å². The van der Waals surface area contributed by atoms with E-state index in [0.29, 0.717) is 21.0 Å². The second-order valence-corrected chi connectivity index (χ2v) is 12.8. The monoisotopic (exact) mass is 384 g/mol. The van der Waals surface area contributed by atoms with Crippen LogP contribution >= 0.6 is 21.0 Å². The molecular formula is C25H20S2. The minimum absolute atomic E-state index is 0.451. The molecule has 4 heterocycles. The van der Waals surface area contributed by atoms with Crippen molar-refractivity contribution in [3.8, 4) is 0 Å². The Bertz CT molecular complexity index is 1540.